The maximum atomic E-state index is 12.5. The fourth-order valence-electron chi connectivity index (χ4n) is 1.78. The maximum absolute atomic E-state index is 12.5. The lowest BCUT2D eigenvalue weighted by molar-refractivity contribution is -0.0436. The Morgan fingerprint density at radius 3 is 2.24 bits per heavy atom. The van der Waals surface area contributed by atoms with Crippen LogP contribution in [-0.4, -0.2) is 24.9 Å². The molecule has 0 radical (unpaired) electrons. The van der Waals surface area contributed by atoms with Crippen molar-refractivity contribution < 1.29 is 31.5 Å². The summed E-state index contributed by atoms with van der Waals surface area (Å²) in [5.41, 5.74) is -5.77. The molecule has 2 rings (SSSR count). The standard InChI is InChI=1S/C14H8Cl2F3NO4S/c15-7-1-3-9(12(21)5-7)13(22)20-11-4-2-8(6-10(11)16)25(23,24)14(17,18)19/h1-6,21H,(H,20,22). The van der Waals surface area contributed by atoms with Crippen molar-refractivity contribution in [1.29, 1.82) is 0 Å². The van der Waals surface area contributed by atoms with E-state index in [2.05, 4.69) is 5.32 Å². The Morgan fingerprint density at radius 2 is 1.72 bits per heavy atom. The van der Waals surface area contributed by atoms with E-state index in [-0.39, 0.29) is 16.3 Å². The molecule has 134 valence electrons. The molecular weight excluding hydrogens is 406 g/mol. The van der Waals surface area contributed by atoms with E-state index < -0.39 is 36.9 Å². The minimum absolute atomic E-state index is 0.137. The Morgan fingerprint density at radius 1 is 1.08 bits per heavy atom. The molecule has 0 unspecified atom stereocenters. The smallest absolute Gasteiger partial charge is 0.501 e. The Balaban J connectivity index is 2.32. The first-order valence-corrected chi connectivity index (χ1v) is 8.58. The molecule has 0 atom stereocenters. The van der Waals surface area contributed by atoms with Crippen LogP contribution < -0.4 is 5.32 Å². The SMILES string of the molecule is O=C(Nc1ccc(S(=O)(=O)C(F)(F)F)cc1Cl)c1ccc(Cl)cc1O. The number of carbonyl (C=O) groups is 1. The number of nitrogens with one attached hydrogen (secondary N) is 1. The molecule has 11 heteroatoms. The van der Waals surface area contributed by atoms with E-state index in [0.717, 1.165) is 12.1 Å². The van der Waals surface area contributed by atoms with Gasteiger partial charge in [-0.25, -0.2) is 8.42 Å². The van der Waals surface area contributed by atoms with Crippen LogP contribution in [0, 0.1) is 0 Å². The first-order valence-electron chi connectivity index (χ1n) is 6.34. The second-order valence-electron chi connectivity index (χ2n) is 4.71. The van der Waals surface area contributed by atoms with Crippen LogP contribution >= 0.6 is 23.2 Å². The molecule has 0 fully saturated rings. The number of sulfone groups is 1. The lowest BCUT2D eigenvalue weighted by atomic mass is 10.2. The van der Waals surface area contributed by atoms with E-state index in [1.165, 1.54) is 12.1 Å². The van der Waals surface area contributed by atoms with Crippen molar-refractivity contribution in [2.45, 2.75) is 10.4 Å². The van der Waals surface area contributed by atoms with E-state index in [0.29, 0.717) is 12.1 Å². The first-order chi connectivity index (χ1) is 11.4. The van der Waals surface area contributed by atoms with Crippen molar-refractivity contribution in [1.82, 2.24) is 0 Å². The van der Waals surface area contributed by atoms with Crippen LogP contribution in [0.2, 0.25) is 10.0 Å². The number of alkyl halides is 3. The summed E-state index contributed by atoms with van der Waals surface area (Å²) in [5, 5.41) is 11.7. The quantitative estimate of drug-likeness (QED) is 0.787. The van der Waals surface area contributed by atoms with Crippen molar-refractivity contribution in [3.05, 3.63) is 52.0 Å². The van der Waals surface area contributed by atoms with E-state index in [1.807, 2.05) is 0 Å². The molecule has 0 heterocycles. The molecule has 0 aliphatic rings. The van der Waals surface area contributed by atoms with Crippen molar-refractivity contribution in [2.75, 3.05) is 5.32 Å². The predicted octanol–water partition coefficient (Wildman–Crippen LogP) is 4.24. The minimum Gasteiger partial charge on any atom is -0.507 e. The average Bonchev–Trinajstić information content (AvgIpc) is 2.47. The van der Waals surface area contributed by atoms with Crippen LogP contribution in [0.1, 0.15) is 10.4 Å². The summed E-state index contributed by atoms with van der Waals surface area (Å²) in [6.45, 7) is 0. The number of halogens is 5. The molecule has 0 spiro atoms. The lowest BCUT2D eigenvalue weighted by Crippen LogP contribution is -2.23. The third-order valence-electron chi connectivity index (χ3n) is 3.01. The molecule has 0 aliphatic heterocycles. The number of rotatable bonds is 3. The van der Waals surface area contributed by atoms with E-state index in [4.69, 9.17) is 23.2 Å². The zero-order valence-electron chi connectivity index (χ0n) is 11.9. The third-order valence-corrected chi connectivity index (χ3v) is 5.04. The van der Waals surface area contributed by atoms with Crippen LogP contribution in [0.4, 0.5) is 18.9 Å². The average molecular weight is 414 g/mol. The van der Waals surface area contributed by atoms with E-state index >= 15 is 0 Å². The fraction of sp³-hybridized carbons (Fsp3) is 0.0714. The Labute approximate surface area is 149 Å². The molecule has 2 aromatic rings. The molecule has 0 aromatic heterocycles. The predicted molar refractivity (Wildman–Crippen MR) is 85.8 cm³/mol. The van der Waals surface area contributed by atoms with E-state index in [1.54, 1.807) is 0 Å². The zero-order valence-corrected chi connectivity index (χ0v) is 14.3. The molecule has 25 heavy (non-hydrogen) atoms. The monoisotopic (exact) mass is 413 g/mol. The van der Waals surface area contributed by atoms with Gasteiger partial charge in [0.25, 0.3) is 15.7 Å². The first kappa shape index (κ1) is 19.4. The summed E-state index contributed by atoms with van der Waals surface area (Å²) in [7, 11) is -5.56. The van der Waals surface area contributed by atoms with E-state index in [9.17, 15) is 31.5 Å². The molecule has 1 amide bonds. The number of anilines is 1. The number of benzene rings is 2. The summed E-state index contributed by atoms with van der Waals surface area (Å²) in [6, 6.07) is 5.83. The van der Waals surface area contributed by atoms with Gasteiger partial charge in [0.05, 0.1) is 21.2 Å². The van der Waals surface area contributed by atoms with Gasteiger partial charge in [0.2, 0.25) is 0 Å². The molecule has 0 aliphatic carbocycles. The second kappa shape index (κ2) is 6.74. The summed E-state index contributed by atoms with van der Waals surface area (Å²) in [5.74, 6) is -1.24. The number of phenolic OH excluding ortho intramolecular Hbond substituents is 1. The Bertz CT molecular complexity index is 946. The molecule has 2 aromatic carbocycles. The van der Waals surface area contributed by atoms with Crippen molar-refractivity contribution in [2.24, 2.45) is 0 Å². The normalized spacial score (nSPS) is 12.0. The van der Waals surface area contributed by atoms with Crippen LogP contribution in [-0.2, 0) is 9.84 Å². The van der Waals surface area contributed by atoms with Gasteiger partial charge in [-0.05, 0) is 36.4 Å². The van der Waals surface area contributed by atoms with Crippen LogP contribution in [0.15, 0.2) is 41.3 Å². The highest BCUT2D eigenvalue weighted by Crippen LogP contribution is 2.34. The number of amides is 1. The summed E-state index contributed by atoms with van der Waals surface area (Å²) >= 11 is 11.4. The summed E-state index contributed by atoms with van der Waals surface area (Å²) < 4.78 is 60.2. The summed E-state index contributed by atoms with van der Waals surface area (Å²) in [6.07, 6.45) is 0. The number of carbonyl (C=O) groups excluding carboxylic acids is 1. The highest BCUT2D eigenvalue weighted by atomic mass is 35.5. The number of hydrogen-bond donors (Lipinski definition) is 2. The van der Waals surface area contributed by atoms with Crippen molar-refractivity contribution >= 4 is 44.6 Å². The Kier molecular flexibility index (Phi) is 5.22. The molecule has 5 nitrogen and oxygen atoms in total. The number of phenols is 1. The van der Waals surface area contributed by atoms with Gasteiger partial charge < -0.3 is 10.4 Å². The van der Waals surface area contributed by atoms with Gasteiger partial charge in [0, 0.05) is 5.02 Å². The van der Waals surface area contributed by atoms with Gasteiger partial charge in [0.1, 0.15) is 5.75 Å². The Hall–Kier alpha value is -1.97. The number of hydrogen-bond acceptors (Lipinski definition) is 4. The van der Waals surface area contributed by atoms with Gasteiger partial charge in [-0.3, -0.25) is 4.79 Å². The van der Waals surface area contributed by atoms with Crippen LogP contribution in [0.5, 0.6) is 5.75 Å². The van der Waals surface area contributed by atoms with Crippen LogP contribution in [0.3, 0.4) is 0 Å². The highest BCUT2D eigenvalue weighted by Gasteiger charge is 2.47. The summed E-state index contributed by atoms with van der Waals surface area (Å²) in [4.78, 5) is 11.0. The minimum atomic E-state index is -5.56. The highest BCUT2D eigenvalue weighted by molar-refractivity contribution is 7.92. The fourth-order valence-corrected chi connectivity index (χ4v) is 3.03. The third kappa shape index (κ3) is 4.00. The van der Waals surface area contributed by atoms with Crippen LogP contribution in [0.25, 0.3) is 0 Å². The molecule has 0 saturated heterocycles. The molecule has 0 bridgehead atoms. The van der Waals surface area contributed by atoms with Gasteiger partial charge >= 0.3 is 5.51 Å². The van der Waals surface area contributed by atoms with Crippen molar-refractivity contribution in [3.8, 4) is 5.75 Å². The van der Waals surface area contributed by atoms with Gasteiger partial charge in [-0.15, -0.1) is 0 Å². The molecular formula is C14H8Cl2F3NO4S. The second-order valence-corrected chi connectivity index (χ2v) is 7.49. The van der Waals surface area contributed by atoms with Gasteiger partial charge in [-0.2, -0.15) is 13.2 Å². The largest absolute Gasteiger partial charge is 0.507 e. The van der Waals surface area contributed by atoms with Gasteiger partial charge in [-0.1, -0.05) is 23.2 Å². The maximum Gasteiger partial charge on any atom is 0.501 e. The topological polar surface area (TPSA) is 83.5 Å². The van der Waals surface area contributed by atoms with Gasteiger partial charge in [0.15, 0.2) is 0 Å². The lowest BCUT2D eigenvalue weighted by Gasteiger charge is -2.12. The molecule has 2 N–H and O–H groups in total. The van der Waals surface area contributed by atoms with Crippen molar-refractivity contribution in [3.63, 3.8) is 0 Å². The zero-order chi connectivity index (χ0) is 19.0. The molecule has 0 saturated carbocycles. The number of aromatic hydroxyl groups is 1.